The van der Waals surface area contributed by atoms with Crippen LogP contribution in [0.25, 0.3) is 0 Å². The Morgan fingerprint density at radius 2 is 2.29 bits per heavy atom. The SMILES string of the molecule is CC1CCC(C(=O)C2=CCCCC2)O1. The van der Waals surface area contributed by atoms with Gasteiger partial charge in [0.2, 0.25) is 0 Å². The largest absolute Gasteiger partial charge is 0.367 e. The molecule has 2 rings (SSSR count). The lowest BCUT2D eigenvalue weighted by Crippen LogP contribution is -2.23. The minimum Gasteiger partial charge on any atom is -0.367 e. The third-order valence-electron chi connectivity index (χ3n) is 3.13. The molecule has 2 atom stereocenters. The van der Waals surface area contributed by atoms with Gasteiger partial charge in [0.15, 0.2) is 5.78 Å². The minimum atomic E-state index is -0.130. The Kier molecular flexibility index (Phi) is 3.02. The first kappa shape index (κ1) is 9.91. The molecule has 1 saturated heterocycles. The van der Waals surface area contributed by atoms with Gasteiger partial charge in [-0.3, -0.25) is 4.79 Å². The van der Waals surface area contributed by atoms with Crippen molar-refractivity contribution < 1.29 is 9.53 Å². The van der Waals surface area contributed by atoms with E-state index in [0.717, 1.165) is 31.3 Å². The standard InChI is InChI=1S/C12H18O2/c1-9-7-8-11(14-9)12(13)10-5-3-2-4-6-10/h5,9,11H,2-4,6-8H2,1H3. The van der Waals surface area contributed by atoms with E-state index in [0.29, 0.717) is 0 Å². The number of Topliss-reactive ketones (excluding diaryl/α,β-unsaturated/α-hetero) is 1. The molecular weight excluding hydrogens is 176 g/mol. The molecule has 0 aromatic carbocycles. The van der Waals surface area contributed by atoms with E-state index in [1.165, 1.54) is 12.8 Å². The number of ether oxygens (including phenoxy) is 1. The molecule has 2 heteroatoms. The molecule has 1 aliphatic heterocycles. The molecule has 0 N–H and O–H groups in total. The van der Waals surface area contributed by atoms with Gasteiger partial charge in [0.05, 0.1) is 6.10 Å². The van der Waals surface area contributed by atoms with E-state index in [4.69, 9.17) is 4.74 Å². The smallest absolute Gasteiger partial charge is 0.187 e. The summed E-state index contributed by atoms with van der Waals surface area (Å²) < 4.78 is 5.59. The molecule has 0 bridgehead atoms. The molecule has 0 aromatic rings. The first-order valence-electron chi connectivity index (χ1n) is 5.66. The first-order chi connectivity index (χ1) is 6.77. The van der Waals surface area contributed by atoms with Crippen LogP contribution in [-0.2, 0) is 9.53 Å². The van der Waals surface area contributed by atoms with Gasteiger partial charge in [0.25, 0.3) is 0 Å². The maximum atomic E-state index is 12.0. The van der Waals surface area contributed by atoms with Crippen LogP contribution in [-0.4, -0.2) is 18.0 Å². The van der Waals surface area contributed by atoms with Crippen molar-refractivity contribution in [2.75, 3.05) is 0 Å². The second kappa shape index (κ2) is 4.26. The van der Waals surface area contributed by atoms with Crippen molar-refractivity contribution in [1.29, 1.82) is 0 Å². The summed E-state index contributed by atoms with van der Waals surface area (Å²) >= 11 is 0. The van der Waals surface area contributed by atoms with Crippen LogP contribution in [0.4, 0.5) is 0 Å². The van der Waals surface area contributed by atoms with Gasteiger partial charge in [-0.15, -0.1) is 0 Å². The van der Waals surface area contributed by atoms with Gasteiger partial charge >= 0.3 is 0 Å². The van der Waals surface area contributed by atoms with Crippen LogP contribution in [0, 0.1) is 0 Å². The predicted molar refractivity (Wildman–Crippen MR) is 55.1 cm³/mol. The molecule has 0 radical (unpaired) electrons. The Morgan fingerprint density at radius 3 is 2.86 bits per heavy atom. The van der Waals surface area contributed by atoms with E-state index >= 15 is 0 Å². The van der Waals surface area contributed by atoms with Crippen molar-refractivity contribution in [3.63, 3.8) is 0 Å². The monoisotopic (exact) mass is 194 g/mol. The third-order valence-corrected chi connectivity index (χ3v) is 3.13. The lowest BCUT2D eigenvalue weighted by Gasteiger charge is -2.15. The Hall–Kier alpha value is -0.630. The molecule has 14 heavy (non-hydrogen) atoms. The first-order valence-corrected chi connectivity index (χ1v) is 5.66. The predicted octanol–water partition coefficient (Wildman–Crippen LogP) is 2.62. The molecule has 0 spiro atoms. The van der Waals surface area contributed by atoms with E-state index in [-0.39, 0.29) is 18.0 Å². The molecule has 0 saturated carbocycles. The molecule has 2 aliphatic rings. The van der Waals surface area contributed by atoms with E-state index < -0.39 is 0 Å². The summed E-state index contributed by atoms with van der Waals surface area (Å²) in [4.78, 5) is 12.0. The lowest BCUT2D eigenvalue weighted by atomic mass is 9.93. The zero-order chi connectivity index (χ0) is 9.97. The summed E-state index contributed by atoms with van der Waals surface area (Å²) in [6.45, 7) is 2.04. The molecule has 1 heterocycles. The third kappa shape index (κ3) is 2.06. The van der Waals surface area contributed by atoms with Crippen molar-refractivity contribution in [3.05, 3.63) is 11.6 Å². The van der Waals surface area contributed by atoms with Crippen LogP contribution in [0.15, 0.2) is 11.6 Å². The van der Waals surface area contributed by atoms with Gasteiger partial charge < -0.3 is 4.74 Å². The zero-order valence-electron chi connectivity index (χ0n) is 8.79. The highest BCUT2D eigenvalue weighted by atomic mass is 16.5. The van der Waals surface area contributed by atoms with Crippen LogP contribution in [0.2, 0.25) is 0 Å². The Labute approximate surface area is 85.3 Å². The second-order valence-corrected chi connectivity index (χ2v) is 4.35. The summed E-state index contributed by atoms with van der Waals surface area (Å²) in [5.74, 6) is 0.258. The van der Waals surface area contributed by atoms with E-state index in [1.54, 1.807) is 0 Å². The van der Waals surface area contributed by atoms with Crippen molar-refractivity contribution in [2.45, 2.75) is 57.7 Å². The number of carbonyl (C=O) groups is 1. The highest BCUT2D eigenvalue weighted by molar-refractivity contribution is 5.99. The Balaban J connectivity index is 1.97. The van der Waals surface area contributed by atoms with Gasteiger partial charge in [-0.2, -0.15) is 0 Å². The van der Waals surface area contributed by atoms with Gasteiger partial charge in [-0.05, 0) is 51.0 Å². The Bertz CT molecular complexity index is 255. The summed E-state index contributed by atoms with van der Waals surface area (Å²) in [5.41, 5.74) is 1.02. The molecule has 78 valence electrons. The summed E-state index contributed by atoms with van der Waals surface area (Å²) in [5, 5.41) is 0. The molecule has 2 unspecified atom stereocenters. The quantitative estimate of drug-likeness (QED) is 0.675. The van der Waals surface area contributed by atoms with Crippen LogP contribution >= 0.6 is 0 Å². The van der Waals surface area contributed by atoms with Crippen molar-refractivity contribution in [3.8, 4) is 0 Å². The van der Waals surface area contributed by atoms with Gasteiger partial charge in [-0.25, -0.2) is 0 Å². The number of hydrogen-bond donors (Lipinski definition) is 0. The van der Waals surface area contributed by atoms with E-state index in [1.807, 2.05) is 6.92 Å². The normalized spacial score (nSPS) is 32.8. The van der Waals surface area contributed by atoms with E-state index in [2.05, 4.69) is 6.08 Å². The van der Waals surface area contributed by atoms with E-state index in [9.17, 15) is 4.79 Å². The van der Waals surface area contributed by atoms with Gasteiger partial charge in [-0.1, -0.05) is 6.08 Å². The highest BCUT2D eigenvalue weighted by Gasteiger charge is 2.30. The topological polar surface area (TPSA) is 26.3 Å². The highest BCUT2D eigenvalue weighted by Crippen LogP contribution is 2.26. The molecule has 0 aromatic heterocycles. The van der Waals surface area contributed by atoms with Crippen LogP contribution < -0.4 is 0 Å². The fourth-order valence-corrected chi connectivity index (χ4v) is 2.26. The van der Waals surface area contributed by atoms with Crippen molar-refractivity contribution in [2.24, 2.45) is 0 Å². The average molecular weight is 194 g/mol. The van der Waals surface area contributed by atoms with Gasteiger partial charge in [0, 0.05) is 0 Å². The maximum absolute atomic E-state index is 12.0. The number of rotatable bonds is 2. The zero-order valence-corrected chi connectivity index (χ0v) is 8.79. The molecule has 1 fully saturated rings. The number of allylic oxidation sites excluding steroid dienone is 1. The molecule has 0 amide bonds. The van der Waals surface area contributed by atoms with Crippen molar-refractivity contribution >= 4 is 5.78 Å². The van der Waals surface area contributed by atoms with Crippen LogP contribution in [0.1, 0.15) is 45.4 Å². The van der Waals surface area contributed by atoms with Crippen molar-refractivity contribution in [1.82, 2.24) is 0 Å². The van der Waals surface area contributed by atoms with Crippen LogP contribution in [0.3, 0.4) is 0 Å². The lowest BCUT2D eigenvalue weighted by molar-refractivity contribution is -0.125. The number of hydrogen-bond acceptors (Lipinski definition) is 2. The molecular formula is C12H18O2. The summed E-state index contributed by atoms with van der Waals surface area (Å²) in [6, 6.07) is 0. The summed E-state index contributed by atoms with van der Waals surface area (Å²) in [6.07, 6.45) is 8.64. The van der Waals surface area contributed by atoms with Crippen LogP contribution in [0.5, 0.6) is 0 Å². The Morgan fingerprint density at radius 1 is 1.43 bits per heavy atom. The molecule has 2 nitrogen and oxygen atoms in total. The average Bonchev–Trinajstić information content (AvgIpc) is 2.65. The molecule has 1 aliphatic carbocycles. The minimum absolute atomic E-state index is 0.130. The number of ketones is 1. The fraction of sp³-hybridized carbons (Fsp3) is 0.750. The fourth-order valence-electron chi connectivity index (χ4n) is 2.26. The second-order valence-electron chi connectivity index (χ2n) is 4.35. The summed E-state index contributed by atoms with van der Waals surface area (Å²) in [7, 11) is 0. The maximum Gasteiger partial charge on any atom is 0.187 e. The number of carbonyl (C=O) groups excluding carboxylic acids is 1. The van der Waals surface area contributed by atoms with Gasteiger partial charge in [0.1, 0.15) is 6.10 Å².